The number of halogens is 1. The van der Waals surface area contributed by atoms with Crippen molar-refractivity contribution in [3.63, 3.8) is 0 Å². The maximum absolute atomic E-state index is 10.0. The van der Waals surface area contributed by atoms with E-state index in [0.717, 1.165) is 24.4 Å². The molecule has 1 fully saturated rings. The first kappa shape index (κ1) is 22.4. The standard InChI is InChI=1S/C20H28N4O3.HI/c1-21-20(22-13-15-12-16(26-2)7-8-18(15)25)23-14-17(19-6-5-11-27-19)24-9-3-4-10-24;/h5-8,11-12,17,25H,3-4,9-10,13-14H2,1-2H3,(H2,21,22,23);1H. The van der Waals surface area contributed by atoms with Crippen LogP contribution in [0.4, 0.5) is 0 Å². The van der Waals surface area contributed by atoms with Gasteiger partial charge >= 0.3 is 0 Å². The molecule has 0 saturated carbocycles. The molecule has 28 heavy (non-hydrogen) atoms. The topological polar surface area (TPSA) is 82.3 Å². The lowest BCUT2D eigenvalue weighted by atomic mass is 10.2. The van der Waals surface area contributed by atoms with Gasteiger partial charge in [-0.05, 0) is 56.3 Å². The minimum absolute atomic E-state index is 0. The number of rotatable bonds is 7. The van der Waals surface area contributed by atoms with E-state index in [4.69, 9.17) is 9.15 Å². The van der Waals surface area contributed by atoms with Crippen molar-refractivity contribution in [2.45, 2.75) is 25.4 Å². The van der Waals surface area contributed by atoms with Crippen LogP contribution in [0.25, 0.3) is 0 Å². The number of aromatic hydroxyl groups is 1. The van der Waals surface area contributed by atoms with Crippen LogP contribution in [-0.4, -0.2) is 49.8 Å². The number of hydrogen-bond donors (Lipinski definition) is 3. The second-order valence-corrected chi connectivity index (χ2v) is 6.58. The van der Waals surface area contributed by atoms with Gasteiger partial charge in [-0.1, -0.05) is 0 Å². The summed E-state index contributed by atoms with van der Waals surface area (Å²) in [7, 11) is 3.34. The minimum atomic E-state index is 0. The number of nitrogens with zero attached hydrogens (tertiary/aromatic N) is 2. The Bertz CT molecular complexity index is 746. The molecule has 7 nitrogen and oxygen atoms in total. The average molecular weight is 500 g/mol. The molecule has 2 heterocycles. The number of hydrogen-bond acceptors (Lipinski definition) is 5. The first-order valence-electron chi connectivity index (χ1n) is 9.29. The molecule has 1 aromatic heterocycles. The van der Waals surface area contributed by atoms with Gasteiger partial charge in [0.2, 0.25) is 0 Å². The van der Waals surface area contributed by atoms with Crippen LogP contribution in [0.5, 0.6) is 11.5 Å². The summed E-state index contributed by atoms with van der Waals surface area (Å²) in [5, 5.41) is 16.6. The fourth-order valence-electron chi connectivity index (χ4n) is 3.37. The highest BCUT2D eigenvalue weighted by Crippen LogP contribution is 2.25. The van der Waals surface area contributed by atoms with Crippen molar-refractivity contribution < 1.29 is 14.3 Å². The van der Waals surface area contributed by atoms with Crippen molar-refractivity contribution in [2.75, 3.05) is 33.8 Å². The Morgan fingerprint density at radius 2 is 2.07 bits per heavy atom. The lowest BCUT2D eigenvalue weighted by Gasteiger charge is -2.26. The Hall–Kier alpha value is -1.94. The van der Waals surface area contributed by atoms with E-state index in [9.17, 15) is 5.11 Å². The largest absolute Gasteiger partial charge is 0.508 e. The normalized spacial score (nSPS) is 15.7. The fraction of sp³-hybridized carbons (Fsp3) is 0.450. The molecule has 1 atom stereocenters. The van der Waals surface area contributed by atoms with Gasteiger partial charge in [-0.15, -0.1) is 24.0 Å². The highest BCUT2D eigenvalue weighted by molar-refractivity contribution is 14.0. The molecule has 0 radical (unpaired) electrons. The number of nitrogens with one attached hydrogen (secondary N) is 2. The fourth-order valence-corrected chi connectivity index (χ4v) is 3.37. The number of phenolic OH excluding ortho intramolecular Hbond substituents is 1. The number of aliphatic imine (C=N–C) groups is 1. The number of ether oxygens (including phenoxy) is 1. The van der Waals surface area contributed by atoms with Crippen LogP contribution in [-0.2, 0) is 6.54 Å². The molecule has 8 heteroatoms. The van der Waals surface area contributed by atoms with Gasteiger partial charge in [0.1, 0.15) is 17.3 Å². The van der Waals surface area contributed by atoms with E-state index in [0.29, 0.717) is 24.8 Å². The second kappa shape index (κ2) is 11.2. The third kappa shape index (κ3) is 5.78. The number of likely N-dealkylation sites (tertiary alicyclic amines) is 1. The maximum atomic E-state index is 10.0. The molecule has 1 aliphatic heterocycles. The third-order valence-corrected chi connectivity index (χ3v) is 4.87. The molecule has 0 spiro atoms. The highest BCUT2D eigenvalue weighted by atomic mass is 127. The predicted octanol–water partition coefficient (Wildman–Crippen LogP) is 3.11. The molecule has 3 N–H and O–H groups in total. The lowest BCUT2D eigenvalue weighted by Crippen LogP contribution is -2.42. The molecule has 3 rings (SSSR count). The van der Waals surface area contributed by atoms with E-state index < -0.39 is 0 Å². The molecule has 154 valence electrons. The molecule has 1 aromatic carbocycles. The molecule has 0 bridgehead atoms. The maximum Gasteiger partial charge on any atom is 0.191 e. The summed E-state index contributed by atoms with van der Waals surface area (Å²) in [6.07, 6.45) is 4.16. The van der Waals surface area contributed by atoms with Crippen LogP contribution < -0.4 is 15.4 Å². The SMILES string of the molecule is CN=C(NCc1cc(OC)ccc1O)NCC(c1ccco1)N1CCCC1.I. The van der Waals surface area contributed by atoms with Crippen molar-refractivity contribution in [2.24, 2.45) is 4.99 Å². The van der Waals surface area contributed by atoms with Crippen molar-refractivity contribution in [3.05, 3.63) is 47.9 Å². The van der Waals surface area contributed by atoms with Crippen LogP contribution in [0, 0.1) is 0 Å². The summed E-state index contributed by atoms with van der Waals surface area (Å²) in [5.74, 6) is 2.57. The van der Waals surface area contributed by atoms with Gasteiger partial charge < -0.3 is 24.9 Å². The zero-order chi connectivity index (χ0) is 19.1. The molecule has 0 amide bonds. The average Bonchev–Trinajstić information content (AvgIpc) is 3.40. The summed E-state index contributed by atoms with van der Waals surface area (Å²) in [6.45, 7) is 3.29. The lowest BCUT2D eigenvalue weighted by molar-refractivity contribution is 0.215. The number of methoxy groups -OCH3 is 1. The van der Waals surface area contributed by atoms with Crippen LogP contribution in [0.1, 0.15) is 30.2 Å². The number of benzene rings is 1. The van der Waals surface area contributed by atoms with E-state index >= 15 is 0 Å². The van der Waals surface area contributed by atoms with Crippen LogP contribution >= 0.6 is 24.0 Å². The molecular formula is C20H29IN4O3. The second-order valence-electron chi connectivity index (χ2n) is 6.58. The van der Waals surface area contributed by atoms with E-state index in [-0.39, 0.29) is 35.8 Å². The van der Waals surface area contributed by atoms with E-state index in [1.807, 2.05) is 18.2 Å². The summed E-state index contributed by atoms with van der Waals surface area (Å²) in [4.78, 5) is 6.73. The summed E-state index contributed by atoms with van der Waals surface area (Å²) in [6, 6.07) is 9.30. The summed E-state index contributed by atoms with van der Waals surface area (Å²) >= 11 is 0. The molecule has 1 unspecified atom stereocenters. The zero-order valence-corrected chi connectivity index (χ0v) is 18.7. The van der Waals surface area contributed by atoms with E-state index in [2.05, 4.69) is 20.5 Å². The Morgan fingerprint density at radius 3 is 2.71 bits per heavy atom. The smallest absolute Gasteiger partial charge is 0.191 e. The van der Waals surface area contributed by atoms with Gasteiger partial charge in [0.25, 0.3) is 0 Å². The monoisotopic (exact) mass is 500 g/mol. The third-order valence-electron chi connectivity index (χ3n) is 4.87. The van der Waals surface area contributed by atoms with Crippen molar-refractivity contribution in [1.82, 2.24) is 15.5 Å². The molecule has 1 aliphatic rings. The quantitative estimate of drug-likeness (QED) is 0.308. The number of phenols is 1. The van der Waals surface area contributed by atoms with Gasteiger partial charge in [-0.2, -0.15) is 0 Å². The minimum Gasteiger partial charge on any atom is -0.508 e. The van der Waals surface area contributed by atoms with Gasteiger partial charge in [0.15, 0.2) is 5.96 Å². The summed E-state index contributed by atoms with van der Waals surface area (Å²) in [5.41, 5.74) is 0.749. The summed E-state index contributed by atoms with van der Waals surface area (Å²) < 4.78 is 10.9. The predicted molar refractivity (Wildman–Crippen MR) is 121 cm³/mol. The van der Waals surface area contributed by atoms with Gasteiger partial charge in [0, 0.05) is 25.7 Å². The van der Waals surface area contributed by atoms with Crippen molar-refractivity contribution >= 4 is 29.9 Å². The number of furan rings is 1. The van der Waals surface area contributed by atoms with Gasteiger partial charge in [-0.3, -0.25) is 9.89 Å². The van der Waals surface area contributed by atoms with Crippen molar-refractivity contribution in [1.29, 1.82) is 0 Å². The first-order valence-corrected chi connectivity index (χ1v) is 9.29. The van der Waals surface area contributed by atoms with Crippen LogP contribution in [0.2, 0.25) is 0 Å². The van der Waals surface area contributed by atoms with E-state index in [1.54, 1.807) is 32.6 Å². The van der Waals surface area contributed by atoms with Crippen molar-refractivity contribution in [3.8, 4) is 11.5 Å². The Balaban J connectivity index is 0.00000280. The van der Waals surface area contributed by atoms with Gasteiger partial charge in [0.05, 0.1) is 19.4 Å². The Morgan fingerprint density at radius 1 is 1.29 bits per heavy atom. The Labute approximate surface area is 183 Å². The number of guanidine groups is 1. The Kier molecular flexibility index (Phi) is 8.91. The molecular weight excluding hydrogens is 471 g/mol. The molecule has 1 saturated heterocycles. The first-order chi connectivity index (χ1) is 13.2. The molecule has 0 aliphatic carbocycles. The van der Waals surface area contributed by atoms with Gasteiger partial charge in [-0.25, -0.2) is 0 Å². The zero-order valence-electron chi connectivity index (χ0n) is 16.4. The highest BCUT2D eigenvalue weighted by Gasteiger charge is 2.25. The van der Waals surface area contributed by atoms with Crippen LogP contribution in [0.3, 0.4) is 0 Å². The van der Waals surface area contributed by atoms with E-state index in [1.165, 1.54) is 12.8 Å². The molecule has 2 aromatic rings. The van der Waals surface area contributed by atoms with Crippen LogP contribution in [0.15, 0.2) is 46.0 Å².